The molecule has 0 saturated carbocycles. The maximum absolute atomic E-state index is 3.55. The van der Waals surface area contributed by atoms with Gasteiger partial charge in [0.1, 0.15) is 0 Å². The number of aryl methyl sites for hydroxylation is 1. The van der Waals surface area contributed by atoms with Gasteiger partial charge in [-0.1, -0.05) is 36.8 Å². The molecule has 1 aromatic carbocycles. The van der Waals surface area contributed by atoms with Crippen molar-refractivity contribution < 1.29 is 0 Å². The summed E-state index contributed by atoms with van der Waals surface area (Å²) in [4.78, 5) is 0. The average Bonchev–Trinajstić information content (AvgIpc) is 2.52. The molecule has 70 valence electrons. The monoisotopic (exact) mass is 175 g/mol. The Morgan fingerprint density at radius 2 is 2.23 bits per heavy atom. The molecule has 1 N–H and O–H groups in total. The topological polar surface area (TPSA) is 12.0 Å². The third kappa shape index (κ3) is 1.92. The van der Waals surface area contributed by atoms with Crippen LogP contribution in [0.25, 0.3) is 0 Å². The van der Waals surface area contributed by atoms with Crippen molar-refractivity contribution in [1.82, 2.24) is 5.32 Å². The molecular weight excluding hydrogens is 158 g/mol. The highest BCUT2D eigenvalue weighted by atomic mass is 14.9. The summed E-state index contributed by atoms with van der Waals surface area (Å²) in [5.41, 5.74) is 2.81. The van der Waals surface area contributed by atoms with E-state index >= 15 is 0 Å². The van der Waals surface area contributed by atoms with Crippen LogP contribution in [-0.4, -0.2) is 6.54 Å². The summed E-state index contributed by atoms with van der Waals surface area (Å²) in [6, 6.07) is 9.41. The maximum atomic E-state index is 3.55. The van der Waals surface area contributed by atoms with Crippen molar-refractivity contribution in [2.75, 3.05) is 6.54 Å². The van der Waals surface area contributed by atoms with E-state index in [1.54, 1.807) is 0 Å². The molecule has 0 amide bonds. The van der Waals surface area contributed by atoms with Crippen molar-refractivity contribution in [1.29, 1.82) is 0 Å². The van der Waals surface area contributed by atoms with Gasteiger partial charge in [-0.25, -0.2) is 0 Å². The van der Waals surface area contributed by atoms with Crippen LogP contribution >= 0.6 is 0 Å². The van der Waals surface area contributed by atoms with Gasteiger partial charge in [0.15, 0.2) is 0 Å². The first-order chi connectivity index (χ1) is 6.25. The zero-order valence-electron chi connectivity index (χ0n) is 8.38. The van der Waals surface area contributed by atoms with E-state index < -0.39 is 0 Å². The Kier molecular flexibility index (Phi) is 2.36. The molecule has 1 aliphatic heterocycles. The maximum Gasteiger partial charge on any atom is 0.0323 e. The molecule has 1 aromatic rings. The molecule has 0 aliphatic carbocycles. The summed E-state index contributed by atoms with van der Waals surface area (Å²) in [6.07, 6.45) is 1.28. The van der Waals surface area contributed by atoms with Crippen LogP contribution in [0.2, 0.25) is 0 Å². The van der Waals surface area contributed by atoms with Gasteiger partial charge in [0, 0.05) is 6.04 Å². The fourth-order valence-electron chi connectivity index (χ4n) is 2.05. The molecule has 1 heterocycles. The number of nitrogens with one attached hydrogen (secondary N) is 1. The molecule has 2 atom stereocenters. The van der Waals surface area contributed by atoms with E-state index in [1.165, 1.54) is 24.1 Å². The smallest absolute Gasteiger partial charge is 0.0323 e. The standard InChI is InChI=1S/C12H17N/c1-9-4-3-5-11(6-9)12-7-10(2)8-13-12/h3-6,10,12-13H,7-8H2,1-2H3/t10-,12-/m0/s1. The fraction of sp³-hybridized carbons (Fsp3) is 0.500. The van der Waals surface area contributed by atoms with E-state index in [-0.39, 0.29) is 0 Å². The Bertz CT molecular complexity index is 293. The molecule has 13 heavy (non-hydrogen) atoms. The van der Waals surface area contributed by atoms with Gasteiger partial charge in [0.05, 0.1) is 0 Å². The summed E-state index contributed by atoms with van der Waals surface area (Å²) in [5, 5.41) is 3.55. The van der Waals surface area contributed by atoms with Crippen LogP contribution in [0.4, 0.5) is 0 Å². The zero-order chi connectivity index (χ0) is 9.26. The van der Waals surface area contributed by atoms with Crippen molar-refractivity contribution in [3.63, 3.8) is 0 Å². The van der Waals surface area contributed by atoms with Crippen molar-refractivity contribution in [2.45, 2.75) is 26.3 Å². The van der Waals surface area contributed by atoms with E-state index in [1.807, 2.05) is 0 Å². The molecule has 0 spiro atoms. The van der Waals surface area contributed by atoms with Gasteiger partial charge in [-0.05, 0) is 31.4 Å². The van der Waals surface area contributed by atoms with Crippen LogP contribution in [0.15, 0.2) is 24.3 Å². The first kappa shape index (κ1) is 8.76. The summed E-state index contributed by atoms with van der Waals surface area (Å²) < 4.78 is 0. The van der Waals surface area contributed by atoms with Gasteiger partial charge in [-0.3, -0.25) is 0 Å². The van der Waals surface area contributed by atoms with Crippen LogP contribution < -0.4 is 5.32 Å². The van der Waals surface area contributed by atoms with Crippen molar-refractivity contribution >= 4 is 0 Å². The number of rotatable bonds is 1. The van der Waals surface area contributed by atoms with Crippen molar-refractivity contribution in [3.8, 4) is 0 Å². The second kappa shape index (κ2) is 3.51. The number of hydrogen-bond donors (Lipinski definition) is 1. The average molecular weight is 175 g/mol. The summed E-state index contributed by atoms with van der Waals surface area (Å²) >= 11 is 0. The number of hydrogen-bond acceptors (Lipinski definition) is 1. The fourth-order valence-corrected chi connectivity index (χ4v) is 2.05. The minimum atomic E-state index is 0.592. The van der Waals surface area contributed by atoms with Gasteiger partial charge in [-0.2, -0.15) is 0 Å². The molecule has 1 aliphatic rings. The Labute approximate surface area is 80.2 Å². The third-order valence-electron chi connectivity index (χ3n) is 2.80. The lowest BCUT2D eigenvalue weighted by atomic mass is 10.00. The van der Waals surface area contributed by atoms with E-state index in [2.05, 4.69) is 43.4 Å². The summed E-state index contributed by atoms with van der Waals surface area (Å²) in [7, 11) is 0. The van der Waals surface area contributed by atoms with Gasteiger partial charge in [0.2, 0.25) is 0 Å². The lowest BCUT2D eigenvalue weighted by Gasteiger charge is -2.10. The van der Waals surface area contributed by atoms with E-state index in [0.717, 1.165) is 5.92 Å². The second-order valence-corrected chi connectivity index (χ2v) is 4.22. The van der Waals surface area contributed by atoms with Crippen molar-refractivity contribution in [2.24, 2.45) is 5.92 Å². The van der Waals surface area contributed by atoms with Crippen LogP contribution in [0.3, 0.4) is 0 Å². The largest absolute Gasteiger partial charge is 0.310 e. The molecule has 1 fully saturated rings. The predicted molar refractivity (Wildman–Crippen MR) is 55.7 cm³/mol. The molecule has 0 bridgehead atoms. The predicted octanol–water partition coefficient (Wildman–Crippen LogP) is 2.67. The first-order valence-corrected chi connectivity index (χ1v) is 5.05. The molecule has 0 radical (unpaired) electrons. The van der Waals surface area contributed by atoms with E-state index in [4.69, 9.17) is 0 Å². The Morgan fingerprint density at radius 3 is 2.85 bits per heavy atom. The highest BCUT2D eigenvalue weighted by Crippen LogP contribution is 2.26. The van der Waals surface area contributed by atoms with Crippen LogP contribution in [0.1, 0.15) is 30.5 Å². The third-order valence-corrected chi connectivity index (χ3v) is 2.80. The Morgan fingerprint density at radius 1 is 1.38 bits per heavy atom. The first-order valence-electron chi connectivity index (χ1n) is 5.05. The van der Waals surface area contributed by atoms with Crippen LogP contribution in [0, 0.1) is 12.8 Å². The SMILES string of the molecule is Cc1cccc([C@@H]2C[C@H](C)CN2)c1. The minimum absolute atomic E-state index is 0.592. The molecule has 1 saturated heterocycles. The van der Waals surface area contributed by atoms with Crippen LogP contribution in [-0.2, 0) is 0 Å². The number of benzene rings is 1. The van der Waals surface area contributed by atoms with E-state index in [9.17, 15) is 0 Å². The zero-order valence-corrected chi connectivity index (χ0v) is 8.38. The second-order valence-electron chi connectivity index (χ2n) is 4.22. The quantitative estimate of drug-likeness (QED) is 0.692. The lowest BCUT2D eigenvalue weighted by Crippen LogP contribution is -2.13. The van der Waals surface area contributed by atoms with Gasteiger partial charge < -0.3 is 5.32 Å². The highest BCUT2D eigenvalue weighted by Gasteiger charge is 2.21. The van der Waals surface area contributed by atoms with Gasteiger partial charge >= 0.3 is 0 Å². The summed E-state index contributed by atoms with van der Waals surface area (Å²) in [5.74, 6) is 0.825. The van der Waals surface area contributed by atoms with Crippen LogP contribution in [0.5, 0.6) is 0 Å². The molecule has 2 rings (SSSR count). The minimum Gasteiger partial charge on any atom is -0.310 e. The Balaban J connectivity index is 2.16. The normalized spacial score (nSPS) is 27.8. The molecular formula is C12H17N. The molecule has 0 unspecified atom stereocenters. The van der Waals surface area contributed by atoms with Crippen molar-refractivity contribution in [3.05, 3.63) is 35.4 Å². The lowest BCUT2D eigenvalue weighted by molar-refractivity contribution is 0.611. The highest BCUT2D eigenvalue weighted by molar-refractivity contribution is 5.25. The molecule has 1 heteroatoms. The molecule has 0 aromatic heterocycles. The van der Waals surface area contributed by atoms with Gasteiger partial charge in [0.25, 0.3) is 0 Å². The van der Waals surface area contributed by atoms with Gasteiger partial charge in [-0.15, -0.1) is 0 Å². The molecule has 1 nitrogen and oxygen atoms in total. The Hall–Kier alpha value is -0.820. The summed E-state index contributed by atoms with van der Waals surface area (Å²) in [6.45, 7) is 5.63. The van der Waals surface area contributed by atoms with E-state index in [0.29, 0.717) is 6.04 Å².